The van der Waals surface area contributed by atoms with Gasteiger partial charge in [-0.15, -0.1) is 0 Å². The average molecular weight is 593 g/mol. The van der Waals surface area contributed by atoms with E-state index in [9.17, 15) is 17.6 Å². The number of hydrogen-bond acceptors (Lipinski definition) is 4. The van der Waals surface area contributed by atoms with Crippen LogP contribution >= 0.6 is 0 Å². The predicted octanol–water partition coefficient (Wildman–Crippen LogP) is 6.66. The summed E-state index contributed by atoms with van der Waals surface area (Å²) in [5.41, 5.74) is 2.56. The molecule has 6 rings (SSSR count). The molecule has 2 N–H and O–H groups in total. The van der Waals surface area contributed by atoms with Crippen molar-refractivity contribution >= 4 is 0 Å². The minimum Gasteiger partial charge on any atom is -0.314 e. The minimum atomic E-state index is -0.618. The first-order valence-electron chi connectivity index (χ1n) is 16.0. The van der Waals surface area contributed by atoms with Crippen molar-refractivity contribution in [2.75, 3.05) is 52.6 Å². The molecule has 4 nitrogen and oxygen atoms in total. The van der Waals surface area contributed by atoms with Crippen molar-refractivity contribution in [3.63, 3.8) is 0 Å². The third-order valence-electron chi connectivity index (χ3n) is 8.19. The van der Waals surface area contributed by atoms with Gasteiger partial charge in [-0.1, -0.05) is 60.7 Å². The monoisotopic (exact) mass is 592 g/mol. The van der Waals surface area contributed by atoms with Crippen molar-refractivity contribution in [2.45, 2.75) is 88.9 Å². The summed E-state index contributed by atoms with van der Waals surface area (Å²) < 4.78 is 49.5. The van der Waals surface area contributed by atoms with E-state index in [4.69, 9.17) is 0 Å². The highest BCUT2D eigenvalue weighted by Crippen LogP contribution is 2.20. The molecular weight excluding hydrogens is 540 g/mol. The molecule has 0 bridgehead atoms. The Morgan fingerprint density at radius 1 is 0.667 bits per heavy atom. The van der Waals surface area contributed by atoms with Crippen molar-refractivity contribution in [3.05, 3.63) is 71.8 Å². The van der Waals surface area contributed by atoms with Crippen LogP contribution in [0.3, 0.4) is 0 Å². The van der Waals surface area contributed by atoms with Gasteiger partial charge in [0.25, 0.3) is 0 Å². The van der Waals surface area contributed by atoms with Crippen LogP contribution in [0.2, 0.25) is 0 Å². The second-order valence-electron chi connectivity index (χ2n) is 11.8. The van der Waals surface area contributed by atoms with Gasteiger partial charge in [-0.05, 0) is 88.7 Å². The summed E-state index contributed by atoms with van der Waals surface area (Å²) in [6.45, 7) is 6.66. The summed E-state index contributed by atoms with van der Waals surface area (Å²) in [6, 6.07) is 20.9. The number of hydrogen-bond donors (Lipinski definition) is 2. The predicted molar refractivity (Wildman–Crippen MR) is 166 cm³/mol. The lowest BCUT2D eigenvalue weighted by atomic mass is 10.1. The first kappa shape index (κ1) is 34.5. The molecule has 4 aliphatic rings. The van der Waals surface area contributed by atoms with Crippen LogP contribution in [-0.4, -0.2) is 86.8 Å². The molecule has 4 aliphatic heterocycles. The Morgan fingerprint density at radius 3 is 1.81 bits per heavy atom. The van der Waals surface area contributed by atoms with E-state index in [2.05, 4.69) is 44.7 Å². The molecule has 0 aliphatic carbocycles. The molecule has 0 aromatic heterocycles. The molecular formula is C34H52F4N4. The SMILES string of the molecule is FC[C@@H]1CCCN1.FC[C@@H]1CCCN1Cc1ccccc1.F[C@@H]1CCCN(Cc2ccccc2)C1.F[C@@H]1CCCNC1. The topological polar surface area (TPSA) is 30.5 Å². The van der Waals surface area contributed by atoms with E-state index >= 15 is 0 Å². The molecule has 2 aromatic rings. The summed E-state index contributed by atoms with van der Waals surface area (Å²) in [5, 5.41) is 5.99. The summed E-state index contributed by atoms with van der Waals surface area (Å²) in [4.78, 5) is 4.44. The van der Waals surface area contributed by atoms with E-state index < -0.39 is 12.3 Å². The van der Waals surface area contributed by atoms with Gasteiger partial charge in [0.15, 0.2) is 0 Å². The van der Waals surface area contributed by atoms with Crippen LogP contribution in [0.1, 0.15) is 62.5 Å². The molecule has 4 heterocycles. The number of nitrogens with one attached hydrogen (secondary N) is 2. The van der Waals surface area contributed by atoms with E-state index in [-0.39, 0.29) is 25.4 Å². The minimum absolute atomic E-state index is 0.162. The standard InChI is InChI=1S/2C12H16FN.2C5H10FN/c13-9-12-7-4-8-14(12)10-11-5-2-1-3-6-11;13-12-7-4-8-14(10-12)9-11-5-2-1-3-6-11;6-5-2-1-3-7-4-5;6-4-5-2-1-3-7-5/h2*1-3,5-6,12H,4,7-10H2;2*5,7H,1-4H2/t2*12-;2*5-/m0110/s1. The number of piperidine rings is 2. The number of benzene rings is 2. The highest BCUT2D eigenvalue weighted by atomic mass is 19.1. The van der Waals surface area contributed by atoms with E-state index in [1.54, 1.807) is 0 Å². The molecule has 4 saturated heterocycles. The fourth-order valence-electron chi connectivity index (χ4n) is 5.78. The Hall–Kier alpha value is -2.00. The number of alkyl halides is 4. The van der Waals surface area contributed by atoms with E-state index in [1.165, 1.54) is 11.1 Å². The van der Waals surface area contributed by atoms with Crippen molar-refractivity contribution < 1.29 is 17.6 Å². The lowest BCUT2D eigenvalue weighted by molar-refractivity contribution is 0.133. The number of rotatable bonds is 6. The van der Waals surface area contributed by atoms with Crippen LogP contribution in [0, 0.1) is 0 Å². The van der Waals surface area contributed by atoms with Gasteiger partial charge in [0.1, 0.15) is 25.7 Å². The van der Waals surface area contributed by atoms with E-state index in [0.29, 0.717) is 13.1 Å². The molecule has 0 saturated carbocycles. The smallest absolute Gasteiger partial charge is 0.113 e. The summed E-state index contributed by atoms with van der Waals surface area (Å²) in [5.74, 6) is 0. The van der Waals surface area contributed by atoms with Gasteiger partial charge in [0.2, 0.25) is 0 Å². The third kappa shape index (κ3) is 14.0. The third-order valence-corrected chi connectivity index (χ3v) is 8.19. The van der Waals surface area contributed by atoms with Gasteiger partial charge < -0.3 is 10.6 Å². The molecule has 0 radical (unpaired) electrons. The summed E-state index contributed by atoms with van der Waals surface area (Å²) >= 11 is 0. The second kappa shape index (κ2) is 20.8. The van der Waals surface area contributed by atoms with Crippen LogP contribution < -0.4 is 10.6 Å². The molecule has 0 unspecified atom stereocenters. The zero-order valence-corrected chi connectivity index (χ0v) is 25.2. The maximum absolute atomic E-state index is 13.1. The first-order chi connectivity index (χ1) is 20.6. The molecule has 2 aromatic carbocycles. The molecule has 8 heteroatoms. The van der Waals surface area contributed by atoms with E-state index in [1.807, 2.05) is 36.4 Å². The van der Waals surface area contributed by atoms with Gasteiger partial charge in [-0.2, -0.15) is 0 Å². The van der Waals surface area contributed by atoms with Gasteiger partial charge in [0.05, 0.1) is 0 Å². The lowest BCUT2D eigenvalue weighted by Crippen LogP contribution is -2.35. The summed E-state index contributed by atoms with van der Waals surface area (Å²) in [7, 11) is 0. The van der Waals surface area contributed by atoms with Gasteiger partial charge in [-0.25, -0.2) is 17.6 Å². The van der Waals surface area contributed by atoms with Crippen LogP contribution in [0.5, 0.6) is 0 Å². The maximum Gasteiger partial charge on any atom is 0.113 e. The Kier molecular flexibility index (Phi) is 17.1. The fraction of sp³-hybridized carbons (Fsp3) is 0.647. The highest BCUT2D eigenvalue weighted by molar-refractivity contribution is 5.15. The van der Waals surface area contributed by atoms with Gasteiger partial charge in [0, 0.05) is 38.3 Å². The Morgan fingerprint density at radius 2 is 1.31 bits per heavy atom. The van der Waals surface area contributed by atoms with E-state index in [0.717, 1.165) is 90.6 Å². The molecule has 236 valence electrons. The quantitative estimate of drug-likeness (QED) is 0.368. The number of halogens is 4. The van der Waals surface area contributed by atoms with Crippen molar-refractivity contribution in [1.82, 2.24) is 20.4 Å². The van der Waals surface area contributed by atoms with Crippen molar-refractivity contribution in [2.24, 2.45) is 0 Å². The van der Waals surface area contributed by atoms with Crippen molar-refractivity contribution in [3.8, 4) is 0 Å². The molecule has 42 heavy (non-hydrogen) atoms. The summed E-state index contributed by atoms with van der Waals surface area (Å²) in [6.07, 6.45) is 6.63. The molecule has 0 spiro atoms. The Labute approximate surface area is 251 Å². The lowest BCUT2D eigenvalue weighted by Gasteiger charge is -2.28. The zero-order chi connectivity index (χ0) is 29.8. The van der Waals surface area contributed by atoms with Crippen LogP contribution in [0.15, 0.2) is 60.7 Å². The average Bonchev–Trinajstić information content (AvgIpc) is 3.72. The van der Waals surface area contributed by atoms with Crippen LogP contribution in [-0.2, 0) is 13.1 Å². The maximum atomic E-state index is 13.1. The zero-order valence-electron chi connectivity index (χ0n) is 25.2. The fourth-order valence-corrected chi connectivity index (χ4v) is 5.78. The first-order valence-corrected chi connectivity index (χ1v) is 16.0. The van der Waals surface area contributed by atoms with Crippen LogP contribution in [0.25, 0.3) is 0 Å². The largest absolute Gasteiger partial charge is 0.314 e. The molecule has 0 amide bonds. The van der Waals surface area contributed by atoms with Crippen LogP contribution in [0.4, 0.5) is 17.6 Å². The second-order valence-corrected chi connectivity index (χ2v) is 11.8. The van der Waals surface area contributed by atoms with Gasteiger partial charge in [-0.3, -0.25) is 9.80 Å². The van der Waals surface area contributed by atoms with Crippen molar-refractivity contribution in [1.29, 1.82) is 0 Å². The Balaban J connectivity index is 0.000000162. The highest BCUT2D eigenvalue weighted by Gasteiger charge is 2.24. The normalized spacial score (nSPS) is 26.2. The number of nitrogens with zero attached hydrogens (tertiary/aromatic N) is 2. The molecule has 4 atom stereocenters. The van der Waals surface area contributed by atoms with Gasteiger partial charge >= 0.3 is 0 Å². The Bertz CT molecular complexity index is 910. The molecule has 4 fully saturated rings. The number of likely N-dealkylation sites (tertiary alicyclic amines) is 2.